The third kappa shape index (κ3) is 5.26. The molecule has 0 radical (unpaired) electrons. The van der Waals surface area contributed by atoms with Gasteiger partial charge in [0.05, 0.1) is 56.2 Å². The lowest BCUT2D eigenvalue weighted by molar-refractivity contribution is 0.0521. The zero-order valence-corrected chi connectivity index (χ0v) is 26.4. The molecule has 0 aliphatic rings. The number of benzene rings is 2. The topological polar surface area (TPSA) is 104 Å². The first-order chi connectivity index (χ1) is 20.4. The molecule has 6 aromatic rings. The van der Waals surface area contributed by atoms with Crippen LogP contribution in [0.4, 0.5) is 0 Å². The fraction of sp³-hybridized carbons (Fsp3) is 0.200. The predicted molar refractivity (Wildman–Crippen MR) is 170 cm³/mol. The molecule has 0 amide bonds. The van der Waals surface area contributed by atoms with E-state index in [1.807, 2.05) is 48.5 Å². The molecule has 4 heterocycles. The Morgan fingerprint density at radius 2 is 0.976 bits per heavy atom. The third-order valence-electron chi connectivity index (χ3n) is 6.21. The van der Waals surface area contributed by atoms with Crippen LogP contribution in [-0.2, 0) is 9.47 Å². The molecule has 0 aliphatic carbocycles. The molecule has 0 atom stereocenters. The van der Waals surface area contributed by atoms with Crippen molar-refractivity contribution in [1.29, 1.82) is 0 Å². The molecule has 0 bridgehead atoms. The number of aryl methyl sites for hydroxylation is 2. The molecule has 2 aromatic carbocycles. The molecule has 4 aromatic heterocycles. The van der Waals surface area contributed by atoms with Crippen LogP contribution in [0.3, 0.4) is 0 Å². The number of fused-ring (bicyclic) bond motifs is 2. The van der Waals surface area contributed by atoms with Gasteiger partial charge in [-0.15, -0.1) is 45.3 Å². The Balaban J connectivity index is 1.70. The van der Waals surface area contributed by atoms with E-state index in [9.17, 15) is 9.59 Å². The monoisotopic (exact) mass is 632 g/mol. The maximum absolute atomic E-state index is 12.8. The number of carbonyl (C=O) groups excluding carboxylic acids is 2. The summed E-state index contributed by atoms with van der Waals surface area (Å²) in [6, 6.07) is 15.8. The molecule has 0 aliphatic heterocycles. The van der Waals surface area contributed by atoms with Crippen molar-refractivity contribution < 1.29 is 19.1 Å². The fourth-order valence-corrected chi connectivity index (χ4v) is 8.54. The van der Waals surface area contributed by atoms with Crippen LogP contribution in [0.15, 0.2) is 48.5 Å². The SMILES string of the molecule is CCOC(=O)c1sc(/C(=C(/c2nc(C)c(C(=O)OCC)s2)c2nc3ccccc3s2)c2nc3ccccc3s2)nc1C. The number of hydrogen-bond acceptors (Lipinski definition) is 12. The molecule has 0 saturated heterocycles. The van der Waals surface area contributed by atoms with Crippen LogP contribution in [0.1, 0.15) is 64.6 Å². The van der Waals surface area contributed by atoms with Crippen LogP contribution >= 0.6 is 45.3 Å². The van der Waals surface area contributed by atoms with Gasteiger partial charge in [0.15, 0.2) is 0 Å². The van der Waals surface area contributed by atoms with E-state index in [0.29, 0.717) is 52.3 Å². The molecule has 0 spiro atoms. The van der Waals surface area contributed by atoms with Crippen molar-refractivity contribution in [1.82, 2.24) is 19.9 Å². The minimum Gasteiger partial charge on any atom is -0.462 e. The van der Waals surface area contributed by atoms with Gasteiger partial charge in [-0.05, 0) is 52.0 Å². The van der Waals surface area contributed by atoms with Crippen molar-refractivity contribution in [2.75, 3.05) is 13.2 Å². The number of ether oxygens (including phenoxy) is 2. The van der Waals surface area contributed by atoms with E-state index in [1.165, 1.54) is 45.3 Å². The average Bonchev–Trinajstić information content (AvgIpc) is 3.76. The maximum atomic E-state index is 12.8. The molecular formula is C30H24N4O4S4. The molecule has 12 heteroatoms. The number of nitrogens with zero attached hydrogens (tertiary/aromatic N) is 4. The van der Waals surface area contributed by atoms with Gasteiger partial charge >= 0.3 is 11.9 Å². The minimum absolute atomic E-state index is 0.262. The second-order valence-electron chi connectivity index (χ2n) is 9.03. The summed E-state index contributed by atoms with van der Waals surface area (Å²) in [6.45, 7) is 7.67. The fourth-order valence-electron chi connectivity index (χ4n) is 4.35. The third-order valence-corrected chi connectivity index (χ3v) is 10.6. The van der Waals surface area contributed by atoms with E-state index in [2.05, 4.69) is 0 Å². The van der Waals surface area contributed by atoms with Crippen molar-refractivity contribution in [2.45, 2.75) is 27.7 Å². The van der Waals surface area contributed by atoms with Crippen LogP contribution in [0, 0.1) is 13.8 Å². The number of carbonyl (C=O) groups is 2. The molecule has 8 nitrogen and oxygen atoms in total. The zero-order chi connectivity index (χ0) is 29.4. The van der Waals surface area contributed by atoms with Gasteiger partial charge in [0.25, 0.3) is 0 Å². The molecule has 0 N–H and O–H groups in total. The van der Waals surface area contributed by atoms with Crippen molar-refractivity contribution in [3.05, 3.63) is 89.7 Å². The highest BCUT2D eigenvalue weighted by Gasteiger charge is 2.30. The Labute approximate surface area is 257 Å². The van der Waals surface area contributed by atoms with Crippen molar-refractivity contribution in [2.24, 2.45) is 0 Å². The Kier molecular flexibility index (Phi) is 7.95. The minimum atomic E-state index is -0.418. The standard InChI is InChI=1S/C30H24N4O4S4/c1-5-37-29(35)23-15(3)31-25(41-23)21(27-33-17-11-7-9-13-19(17)39-27)22(28-34-18-12-8-10-14-20(18)40-28)26-32-16(4)24(42-26)30(36)38-6-2/h7-14H,5-6H2,1-4H3/b22-21+. The van der Waals surface area contributed by atoms with Crippen LogP contribution < -0.4 is 0 Å². The lowest BCUT2D eigenvalue weighted by Crippen LogP contribution is -2.03. The Morgan fingerprint density at radius 3 is 1.36 bits per heavy atom. The van der Waals surface area contributed by atoms with Gasteiger partial charge < -0.3 is 9.47 Å². The maximum Gasteiger partial charge on any atom is 0.350 e. The van der Waals surface area contributed by atoms with Gasteiger partial charge in [0.2, 0.25) is 0 Å². The number of rotatable bonds is 8. The van der Waals surface area contributed by atoms with Gasteiger partial charge in [-0.3, -0.25) is 0 Å². The van der Waals surface area contributed by atoms with E-state index in [4.69, 9.17) is 29.4 Å². The summed E-state index contributed by atoms with van der Waals surface area (Å²) in [5.74, 6) is -0.836. The van der Waals surface area contributed by atoms with Crippen molar-refractivity contribution >= 4 is 88.9 Å². The van der Waals surface area contributed by atoms with E-state index in [1.54, 1.807) is 27.7 Å². The first-order valence-corrected chi connectivity index (χ1v) is 16.4. The van der Waals surface area contributed by atoms with Crippen LogP contribution in [-0.4, -0.2) is 45.1 Å². The van der Waals surface area contributed by atoms with Gasteiger partial charge in [0, 0.05) is 0 Å². The van der Waals surface area contributed by atoms with Crippen LogP contribution in [0.2, 0.25) is 0 Å². The Morgan fingerprint density at radius 1 is 0.595 bits per heavy atom. The number of para-hydroxylation sites is 2. The molecule has 42 heavy (non-hydrogen) atoms. The lowest BCUT2D eigenvalue weighted by atomic mass is 10.1. The number of esters is 2. The molecule has 0 unspecified atom stereocenters. The molecule has 0 fully saturated rings. The molecule has 212 valence electrons. The first kappa shape index (κ1) is 28.3. The Hall–Kier alpha value is -3.84. The highest BCUT2D eigenvalue weighted by atomic mass is 32.1. The van der Waals surface area contributed by atoms with Crippen molar-refractivity contribution in [3.63, 3.8) is 0 Å². The molecule has 0 saturated carbocycles. The molecule has 6 rings (SSSR count). The quantitative estimate of drug-likeness (QED) is 0.157. The van der Waals surface area contributed by atoms with Crippen LogP contribution in [0.5, 0.6) is 0 Å². The number of thiazole rings is 4. The summed E-state index contributed by atoms with van der Waals surface area (Å²) >= 11 is 5.57. The predicted octanol–water partition coefficient (Wildman–Crippen LogP) is 7.80. The number of aromatic nitrogens is 4. The van der Waals surface area contributed by atoms with E-state index < -0.39 is 11.9 Å². The zero-order valence-electron chi connectivity index (χ0n) is 23.1. The average molecular weight is 633 g/mol. The van der Waals surface area contributed by atoms with Gasteiger partial charge in [-0.1, -0.05) is 24.3 Å². The second-order valence-corrected chi connectivity index (χ2v) is 13.1. The van der Waals surface area contributed by atoms with E-state index in [-0.39, 0.29) is 13.2 Å². The summed E-state index contributed by atoms with van der Waals surface area (Å²) in [4.78, 5) is 46.3. The highest BCUT2D eigenvalue weighted by molar-refractivity contribution is 7.22. The van der Waals surface area contributed by atoms with E-state index in [0.717, 1.165) is 20.4 Å². The van der Waals surface area contributed by atoms with Gasteiger partial charge in [0.1, 0.15) is 29.8 Å². The summed E-state index contributed by atoms with van der Waals surface area (Å²) in [5.41, 5.74) is 4.22. The van der Waals surface area contributed by atoms with Gasteiger partial charge in [-0.25, -0.2) is 29.5 Å². The Bertz CT molecular complexity index is 1790. The largest absolute Gasteiger partial charge is 0.462 e. The second kappa shape index (κ2) is 11.8. The van der Waals surface area contributed by atoms with Crippen molar-refractivity contribution in [3.8, 4) is 0 Å². The summed E-state index contributed by atoms with van der Waals surface area (Å²) in [6.07, 6.45) is 0. The molecular weight excluding hydrogens is 609 g/mol. The summed E-state index contributed by atoms with van der Waals surface area (Å²) < 4.78 is 12.7. The summed E-state index contributed by atoms with van der Waals surface area (Å²) in [7, 11) is 0. The number of hydrogen-bond donors (Lipinski definition) is 0. The first-order valence-electron chi connectivity index (χ1n) is 13.1. The van der Waals surface area contributed by atoms with E-state index >= 15 is 0 Å². The van der Waals surface area contributed by atoms with Gasteiger partial charge in [-0.2, -0.15) is 0 Å². The smallest absolute Gasteiger partial charge is 0.350 e. The normalized spacial score (nSPS) is 12.1. The summed E-state index contributed by atoms with van der Waals surface area (Å²) in [5, 5.41) is 2.60. The van der Waals surface area contributed by atoms with Crippen LogP contribution in [0.25, 0.3) is 31.6 Å². The highest BCUT2D eigenvalue weighted by Crippen LogP contribution is 2.44. The lowest BCUT2D eigenvalue weighted by Gasteiger charge is -2.08.